The summed E-state index contributed by atoms with van der Waals surface area (Å²) in [4.78, 5) is 16.0. The summed E-state index contributed by atoms with van der Waals surface area (Å²) in [5.74, 6) is 0.426. The van der Waals surface area contributed by atoms with Gasteiger partial charge in [0.1, 0.15) is 0 Å². The number of hydrogen-bond donors (Lipinski definition) is 1. The monoisotopic (exact) mass is 290 g/mol. The molecule has 0 unspecified atom stereocenters. The largest absolute Gasteiger partial charge is 0.481 e. The van der Waals surface area contributed by atoms with Crippen molar-refractivity contribution in [2.75, 3.05) is 7.11 Å². The summed E-state index contributed by atoms with van der Waals surface area (Å²) in [7, 11) is 1.55. The Morgan fingerprint density at radius 2 is 2.00 bits per heavy atom. The van der Waals surface area contributed by atoms with Crippen molar-refractivity contribution in [3.05, 3.63) is 58.7 Å². The lowest BCUT2D eigenvalue weighted by Crippen LogP contribution is -2.25. The average Bonchev–Trinajstić information content (AvgIpc) is 2.48. The van der Waals surface area contributed by atoms with Gasteiger partial charge in [0.05, 0.1) is 13.5 Å². The fourth-order valence-corrected chi connectivity index (χ4v) is 2.02. The summed E-state index contributed by atoms with van der Waals surface area (Å²) in [5.41, 5.74) is 1.65. The van der Waals surface area contributed by atoms with E-state index in [-0.39, 0.29) is 12.3 Å². The average molecular weight is 291 g/mol. The van der Waals surface area contributed by atoms with E-state index in [2.05, 4.69) is 10.3 Å². The van der Waals surface area contributed by atoms with Gasteiger partial charge in [-0.15, -0.1) is 0 Å². The number of ether oxygens (including phenoxy) is 1. The van der Waals surface area contributed by atoms with E-state index in [0.29, 0.717) is 17.4 Å². The summed E-state index contributed by atoms with van der Waals surface area (Å²) in [5, 5.41) is 3.43. The van der Waals surface area contributed by atoms with E-state index in [0.717, 1.165) is 11.1 Å². The number of halogens is 1. The number of nitrogens with one attached hydrogen (secondary N) is 1. The van der Waals surface area contributed by atoms with Crippen molar-refractivity contribution in [2.45, 2.75) is 13.0 Å². The number of carbonyl (C=O) groups is 1. The van der Waals surface area contributed by atoms with Gasteiger partial charge < -0.3 is 10.1 Å². The standard InChI is InChI=1S/C15H15ClN2O2/c1-20-15-12(6-4-8-17-15)10-18-14(19)9-11-5-2-3-7-13(11)16/h2-8H,9-10H2,1H3,(H,18,19). The number of methoxy groups -OCH3 is 1. The highest BCUT2D eigenvalue weighted by Gasteiger charge is 2.08. The molecule has 0 saturated carbocycles. The van der Waals surface area contributed by atoms with Gasteiger partial charge in [-0.1, -0.05) is 35.9 Å². The molecule has 104 valence electrons. The maximum Gasteiger partial charge on any atom is 0.224 e. The van der Waals surface area contributed by atoms with E-state index >= 15 is 0 Å². The molecule has 0 radical (unpaired) electrons. The molecule has 0 aliphatic carbocycles. The third-order valence-electron chi connectivity index (χ3n) is 2.83. The van der Waals surface area contributed by atoms with Crippen LogP contribution in [0.2, 0.25) is 5.02 Å². The second kappa shape index (κ2) is 6.91. The van der Waals surface area contributed by atoms with Crippen LogP contribution in [0, 0.1) is 0 Å². The lowest BCUT2D eigenvalue weighted by atomic mass is 10.1. The number of pyridine rings is 1. The van der Waals surface area contributed by atoms with E-state index in [1.807, 2.05) is 24.3 Å². The van der Waals surface area contributed by atoms with Crippen LogP contribution in [0.1, 0.15) is 11.1 Å². The highest BCUT2D eigenvalue weighted by molar-refractivity contribution is 6.31. The molecule has 1 heterocycles. The molecule has 1 amide bonds. The minimum Gasteiger partial charge on any atom is -0.481 e. The Bertz CT molecular complexity index is 602. The number of aromatic nitrogens is 1. The molecule has 0 fully saturated rings. The van der Waals surface area contributed by atoms with Crippen molar-refractivity contribution in [1.82, 2.24) is 10.3 Å². The van der Waals surface area contributed by atoms with Crippen LogP contribution in [0.4, 0.5) is 0 Å². The van der Waals surface area contributed by atoms with Gasteiger partial charge in [-0.25, -0.2) is 4.98 Å². The van der Waals surface area contributed by atoms with E-state index in [4.69, 9.17) is 16.3 Å². The van der Waals surface area contributed by atoms with Crippen LogP contribution in [0.5, 0.6) is 5.88 Å². The molecule has 0 saturated heterocycles. The molecular formula is C15H15ClN2O2. The Morgan fingerprint density at radius 3 is 2.75 bits per heavy atom. The van der Waals surface area contributed by atoms with Crippen LogP contribution in [0.3, 0.4) is 0 Å². The Morgan fingerprint density at radius 1 is 1.25 bits per heavy atom. The highest BCUT2D eigenvalue weighted by atomic mass is 35.5. The number of benzene rings is 1. The molecule has 0 aliphatic heterocycles. The first-order valence-electron chi connectivity index (χ1n) is 6.18. The van der Waals surface area contributed by atoms with Crippen molar-refractivity contribution < 1.29 is 9.53 Å². The van der Waals surface area contributed by atoms with Gasteiger partial charge in [0.2, 0.25) is 11.8 Å². The molecule has 2 rings (SSSR count). The second-order valence-corrected chi connectivity index (χ2v) is 4.62. The van der Waals surface area contributed by atoms with E-state index in [1.54, 1.807) is 25.4 Å². The second-order valence-electron chi connectivity index (χ2n) is 4.22. The molecule has 1 N–H and O–H groups in total. The zero-order valence-electron chi connectivity index (χ0n) is 11.1. The maximum absolute atomic E-state index is 11.9. The fraction of sp³-hybridized carbons (Fsp3) is 0.200. The van der Waals surface area contributed by atoms with Crippen LogP contribution >= 0.6 is 11.6 Å². The molecule has 20 heavy (non-hydrogen) atoms. The zero-order chi connectivity index (χ0) is 14.4. The minimum atomic E-state index is -0.0935. The predicted molar refractivity (Wildman–Crippen MR) is 77.8 cm³/mol. The number of rotatable bonds is 5. The van der Waals surface area contributed by atoms with Crippen molar-refractivity contribution in [3.8, 4) is 5.88 Å². The molecule has 1 aromatic carbocycles. The normalized spacial score (nSPS) is 10.1. The first-order valence-corrected chi connectivity index (χ1v) is 6.56. The van der Waals surface area contributed by atoms with Gasteiger partial charge in [-0.2, -0.15) is 0 Å². The molecule has 2 aromatic rings. The van der Waals surface area contributed by atoms with Crippen molar-refractivity contribution >= 4 is 17.5 Å². The van der Waals surface area contributed by atoms with E-state index in [9.17, 15) is 4.79 Å². The quantitative estimate of drug-likeness (QED) is 0.921. The number of hydrogen-bond acceptors (Lipinski definition) is 3. The highest BCUT2D eigenvalue weighted by Crippen LogP contribution is 2.16. The summed E-state index contributed by atoms with van der Waals surface area (Å²) in [6, 6.07) is 11.0. The summed E-state index contributed by atoms with van der Waals surface area (Å²) in [6.45, 7) is 0.375. The topological polar surface area (TPSA) is 51.2 Å². The van der Waals surface area contributed by atoms with Crippen LogP contribution < -0.4 is 10.1 Å². The maximum atomic E-state index is 11.9. The third kappa shape index (κ3) is 3.71. The van der Waals surface area contributed by atoms with Crippen LogP contribution in [0.25, 0.3) is 0 Å². The van der Waals surface area contributed by atoms with Crippen molar-refractivity contribution in [2.24, 2.45) is 0 Å². The molecule has 5 heteroatoms. The van der Waals surface area contributed by atoms with Gasteiger partial charge in [0.15, 0.2) is 0 Å². The number of nitrogens with zero attached hydrogens (tertiary/aromatic N) is 1. The zero-order valence-corrected chi connectivity index (χ0v) is 11.9. The summed E-state index contributed by atoms with van der Waals surface area (Å²) < 4.78 is 5.13. The fourth-order valence-electron chi connectivity index (χ4n) is 1.81. The number of carbonyl (C=O) groups excluding carboxylic acids is 1. The Labute approximate surface area is 122 Å². The first-order chi connectivity index (χ1) is 9.70. The Kier molecular flexibility index (Phi) is 4.96. The smallest absolute Gasteiger partial charge is 0.224 e. The van der Waals surface area contributed by atoms with Gasteiger partial charge in [0.25, 0.3) is 0 Å². The van der Waals surface area contributed by atoms with Gasteiger partial charge >= 0.3 is 0 Å². The SMILES string of the molecule is COc1ncccc1CNC(=O)Cc1ccccc1Cl. The molecular weight excluding hydrogens is 276 g/mol. The van der Waals surface area contributed by atoms with Crippen molar-refractivity contribution in [1.29, 1.82) is 0 Å². The van der Waals surface area contributed by atoms with Gasteiger partial charge in [0, 0.05) is 23.3 Å². The van der Waals surface area contributed by atoms with Gasteiger partial charge in [-0.05, 0) is 17.7 Å². The Balaban J connectivity index is 1.94. The molecule has 0 spiro atoms. The molecule has 0 atom stereocenters. The first kappa shape index (κ1) is 14.3. The van der Waals surface area contributed by atoms with E-state index < -0.39 is 0 Å². The molecule has 0 aliphatic rings. The van der Waals surface area contributed by atoms with Crippen LogP contribution in [0.15, 0.2) is 42.6 Å². The molecule has 4 nitrogen and oxygen atoms in total. The van der Waals surface area contributed by atoms with Gasteiger partial charge in [-0.3, -0.25) is 4.79 Å². The van der Waals surface area contributed by atoms with E-state index in [1.165, 1.54) is 0 Å². The predicted octanol–water partition coefficient (Wildman–Crippen LogP) is 2.60. The Hall–Kier alpha value is -2.07. The van der Waals surface area contributed by atoms with Crippen molar-refractivity contribution in [3.63, 3.8) is 0 Å². The number of amides is 1. The lowest BCUT2D eigenvalue weighted by Gasteiger charge is -2.09. The van der Waals surface area contributed by atoms with Crippen LogP contribution in [-0.2, 0) is 17.8 Å². The minimum absolute atomic E-state index is 0.0935. The lowest BCUT2D eigenvalue weighted by molar-refractivity contribution is -0.120. The summed E-state index contributed by atoms with van der Waals surface area (Å²) >= 11 is 6.02. The third-order valence-corrected chi connectivity index (χ3v) is 3.20. The molecule has 1 aromatic heterocycles. The molecule has 0 bridgehead atoms. The van der Waals surface area contributed by atoms with Crippen LogP contribution in [-0.4, -0.2) is 18.0 Å². The summed E-state index contributed by atoms with van der Waals surface area (Å²) in [6.07, 6.45) is 1.90.